The van der Waals surface area contributed by atoms with Gasteiger partial charge < -0.3 is 0 Å². The Morgan fingerprint density at radius 2 is 1.71 bits per heavy atom. The molecule has 0 aliphatic carbocycles. The number of carbonyl (C=O) groups excluding carboxylic acids is 1. The Kier molecular flexibility index (Phi) is 5.56. The smallest absolute Gasteiger partial charge is 0.245 e. The summed E-state index contributed by atoms with van der Waals surface area (Å²) < 4.78 is 25.2. The molecule has 2 aromatic rings. The second-order valence-corrected chi connectivity index (χ2v) is 9.21. The summed E-state index contributed by atoms with van der Waals surface area (Å²) in [7, 11) is -3.32. The summed E-state index contributed by atoms with van der Waals surface area (Å²) in [6.07, 6.45) is 1.73. The molecule has 0 fully saturated rings. The van der Waals surface area contributed by atoms with Gasteiger partial charge in [-0.05, 0) is 30.2 Å². The Hall–Kier alpha value is -2.67. The molecule has 0 bridgehead atoms. The minimum absolute atomic E-state index is 0.0176. The molecule has 148 valence electrons. The van der Waals surface area contributed by atoms with Crippen LogP contribution in [0.25, 0.3) is 0 Å². The van der Waals surface area contributed by atoms with E-state index in [1.807, 2.05) is 57.2 Å². The van der Waals surface area contributed by atoms with Crippen LogP contribution in [-0.2, 0) is 14.8 Å². The van der Waals surface area contributed by atoms with Crippen molar-refractivity contribution in [2.45, 2.75) is 33.2 Å². The van der Waals surface area contributed by atoms with E-state index < -0.39 is 10.0 Å². The Morgan fingerprint density at radius 3 is 2.25 bits per heavy atom. The third-order valence-corrected chi connectivity index (χ3v) is 5.22. The second-order valence-electron chi connectivity index (χ2n) is 7.47. The number of nitrogens with one attached hydrogen (secondary N) is 1. The first kappa shape index (κ1) is 20.1. The van der Waals surface area contributed by atoms with Crippen LogP contribution in [0, 0.1) is 12.8 Å². The van der Waals surface area contributed by atoms with E-state index in [-0.39, 0.29) is 17.9 Å². The van der Waals surface area contributed by atoms with Crippen LogP contribution in [0.1, 0.15) is 43.0 Å². The Morgan fingerprint density at radius 1 is 1.11 bits per heavy atom. The standard InChI is InChI=1S/C21H25N3O3S/c1-14(2)21(25)24-20(17-7-5-15(3)6-8-17)13-19(22-24)16-9-11-18(12-10-16)23-28(4,26)27/h5-12,14,20,23H,13H2,1-4H3/t20-/m0/s1. The molecule has 1 atom stereocenters. The average Bonchev–Trinajstić information content (AvgIpc) is 3.06. The number of nitrogens with zero attached hydrogens (tertiary/aromatic N) is 2. The molecule has 6 nitrogen and oxygen atoms in total. The van der Waals surface area contributed by atoms with E-state index in [4.69, 9.17) is 0 Å². The Balaban J connectivity index is 1.90. The van der Waals surface area contributed by atoms with Crippen LogP contribution in [0.2, 0.25) is 0 Å². The fraction of sp³-hybridized carbons (Fsp3) is 0.333. The molecule has 0 aromatic heterocycles. The number of sulfonamides is 1. The van der Waals surface area contributed by atoms with Crippen LogP contribution in [0.5, 0.6) is 0 Å². The molecule has 1 N–H and O–H groups in total. The van der Waals surface area contributed by atoms with E-state index in [0.717, 1.165) is 23.1 Å². The molecular formula is C21H25N3O3S. The fourth-order valence-electron chi connectivity index (χ4n) is 3.15. The summed E-state index contributed by atoms with van der Waals surface area (Å²) in [5.41, 5.74) is 4.39. The third-order valence-electron chi connectivity index (χ3n) is 4.61. The van der Waals surface area contributed by atoms with E-state index in [1.54, 1.807) is 17.1 Å². The Bertz CT molecular complexity index is 994. The van der Waals surface area contributed by atoms with E-state index in [1.165, 1.54) is 5.56 Å². The molecule has 2 aromatic carbocycles. The lowest BCUT2D eigenvalue weighted by molar-refractivity contribution is -0.136. The highest BCUT2D eigenvalue weighted by molar-refractivity contribution is 7.92. The van der Waals surface area contributed by atoms with Crippen LogP contribution in [0.4, 0.5) is 5.69 Å². The SMILES string of the molecule is Cc1ccc([C@@H]2CC(c3ccc(NS(C)(=O)=O)cc3)=NN2C(=O)C(C)C)cc1. The number of benzene rings is 2. The summed E-state index contributed by atoms with van der Waals surface area (Å²) in [6, 6.07) is 15.1. The van der Waals surface area contributed by atoms with Gasteiger partial charge in [-0.2, -0.15) is 5.10 Å². The number of anilines is 1. The van der Waals surface area contributed by atoms with Gasteiger partial charge in [-0.25, -0.2) is 13.4 Å². The van der Waals surface area contributed by atoms with E-state index in [9.17, 15) is 13.2 Å². The summed E-state index contributed by atoms with van der Waals surface area (Å²) in [5, 5.41) is 6.22. The van der Waals surface area contributed by atoms with Crippen molar-refractivity contribution >= 4 is 27.3 Å². The molecule has 1 amide bonds. The van der Waals surface area contributed by atoms with Crippen LogP contribution in [-0.4, -0.2) is 31.3 Å². The number of aryl methyl sites for hydroxylation is 1. The maximum Gasteiger partial charge on any atom is 0.245 e. The predicted molar refractivity (Wildman–Crippen MR) is 112 cm³/mol. The molecule has 0 spiro atoms. The van der Waals surface area contributed by atoms with Crippen LogP contribution in [0.15, 0.2) is 53.6 Å². The number of hydrogen-bond donors (Lipinski definition) is 1. The van der Waals surface area contributed by atoms with Crippen molar-refractivity contribution in [2.75, 3.05) is 11.0 Å². The van der Waals surface area contributed by atoms with Crippen molar-refractivity contribution in [1.29, 1.82) is 0 Å². The van der Waals surface area contributed by atoms with E-state index in [2.05, 4.69) is 9.82 Å². The highest BCUT2D eigenvalue weighted by atomic mass is 32.2. The summed E-state index contributed by atoms with van der Waals surface area (Å²) in [6.45, 7) is 5.77. The molecule has 7 heteroatoms. The number of hydrazone groups is 1. The lowest BCUT2D eigenvalue weighted by Crippen LogP contribution is -2.30. The van der Waals surface area contributed by atoms with Crippen LogP contribution < -0.4 is 4.72 Å². The first-order valence-corrected chi connectivity index (χ1v) is 11.1. The third kappa shape index (κ3) is 4.59. The molecule has 0 saturated carbocycles. The maximum atomic E-state index is 12.7. The molecule has 1 heterocycles. The van der Waals surface area contributed by atoms with E-state index >= 15 is 0 Å². The first-order valence-electron chi connectivity index (χ1n) is 9.19. The largest absolute Gasteiger partial charge is 0.284 e. The highest BCUT2D eigenvalue weighted by Gasteiger charge is 2.34. The van der Waals surface area contributed by atoms with Crippen LogP contribution >= 0.6 is 0 Å². The van der Waals surface area contributed by atoms with Crippen molar-refractivity contribution < 1.29 is 13.2 Å². The quantitative estimate of drug-likeness (QED) is 0.833. The molecule has 1 aliphatic rings. The molecule has 0 unspecified atom stereocenters. The zero-order valence-electron chi connectivity index (χ0n) is 16.5. The van der Waals surface area contributed by atoms with Gasteiger partial charge in [0, 0.05) is 18.0 Å². The number of carbonyl (C=O) groups is 1. The molecule has 28 heavy (non-hydrogen) atoms. The highest BCUT2D eigenvalue weighted by Crippen LogP contribution is 2.34. The van der Waals surface area contributed by atoms with Crippen molar-refractivity contribution in [3.05, 3.63) is 65.2 Å². The zero-order valence-corrected chi connectivity index (χ0v) is 17.3. The first-order chi connectivity index (χ1) is 13.1. The second kappa shape index (κ2) is 7.75. The number of amides is 1. The van der Waals surface area contributed by atoms with Gasteiger partial charge in [0.2, 0.25) is 15.9 Å². The molecule has 3 rings (SSSR count). The van der Waals surface area contributed by atoms with Crippen molar-refractivity contribution in [3.63, 3.8) is 0 Å². The van der Waals surface area contributed by atoms with Crippen molar-refractivity contribution in [2.24, 2.45) is 11.0 Å². The minimum Gasteiger partial charge on any atom is -0.284 e. The lowest BCUT2D eigenvalue weighted by atomic mass is 9.97. The minimum atomic E-state index is -3.32. The topological polar surface area (TPSA) is 78.8 Å². The molecule has 0 saturated heterocycles. The molecule has 0 radical (unpaired) electrons. The predicted octanol–water partition coefficient (Wildman–Crippen LogP) is 3.70. The van der Waals surface area contributed by atoms with E-state index in [0.29, 0.717) is 12.1 Å². The van der Waals surface area contributed by atoms with Gasteiger partial charge in [0.25, 0.3) is 0 Å². The van der Waals surface area contributed by atoms with Gasteiger partial charge >= 0.3 is 0 Å². The van der Waals surface area contributed by atoms with Gasteiger partial charge in [-0.1, -0.05) is 55.8 Å². The lowest BCUT2D eigenvalue weighted by Gasteiger charge is -2.23. The van der Waals surface area contributed by atoms with Gasteiger partial charge in [0.15, 0.2) is 0 Å². The number of rotatable bonds is 5. The fourth-order valence-corrected chi connectivity index (χ4v) is 3.71. The number of hydrogen-bond acceptors (Lipinski definition) is 4. The van der Waals surface area contributed by atoms with Gasteiger partial charge in [0.1, 0.15) is 0 Å². The Labute approximate surface area is 166 Å². The maximum absolute atomic E-state index is 12.7. The summed E-state index contributed by atoms with van der Waals surface area (Å²) >= 11 is 0. The van der Waals surface area contributed by atoms with Crippen LogP contribution in [0.3, 0.4) is 0 Å². The van der Waals surface area contributed by atoms with Crippen molar-refractivity contribution in [1.82, 2.24) is 5.01 Å². The van der Waals surface area contributed by atoms with Gasteiger partial charge in [-0.3, -0.25) is 9.52 Å². The molecule has 1 aliphatic heterocycles. The van der Waals surface area contributed by atoms with Gasteiger partial charge in [-0.15, -0.1) is 0 Å². The average molecular weight is 400 g/mol. The zero-order chi connectivity index (χ0) is 20.5. The monoisotopic (exact) mass is 399 g/mol. The summed E-state index contributed by atoms with van der Waals surface area (Å²) in [5.74, 6) is -0.173. The van der Waals surface area contributed by atoms with Gasteiger partial charge in [0.05, 0.1) is 18.0 Å². The van der Waals surface area contributed by atoms with Crippen molar-refractivity contribution in [3.8, 4) is 0 Å². The molecular weight excluding hydrogens is 374 g/mol. The summed E-state index contributed by atoms with van der Waals surface area (Å²) in [4.78, 5) is 12.7. The normalized spacial score (nSPS) is 17.0.